The first-order valence-corrected chi connectivity index (χ1v) is 8.28. The average molecular weight is 372 g/mol. The van der Waals surface area contributed by atoms with Crippen LogP contribution in [0.4, 0.5) is 10.5 Å². The maximum absolute atomic E-state index is 12.8. The van der Waals surface area contributed by atoms with Gasteiger partial charge in [0, 0.05) is 13.2 Å². The highest BCUT2D eigenvalue weighted by molar-refractivity contribution is 6.21. The molecule has 1 fully saturated rings. The summed E-state index contributed by atoms with van der Waals surface area (Å²) < 4.78 is 15.8. The van der Waals surface area contributed by atoms with Crippen LogP contribution < -0.4 is 19.7 Å². The van der Waals surface area contributed by atoms with E-state index in [0.717, 1.165) is 4.90 Å². The zero-order valence-electron chi connectivity index (χ0n) is 15.0. The molecule has 2 aromatic rings. The maximum Gasteiger partial charge on any atom is 0.329 e. The van der Waals surface area contributed by atoms with Crippen LogP contribution in [-0.4, -0.2) is 44.5 Å². The Bertz CT molecular complexity index is 837. The van der Waals surface area contributed by atoms with E-state index in [-0.39, 0.29) is 5.75 Å². The molecule has 1 heterocycles. The minimum absolute atomic E-state index is 0.0837. The van der Waals surface area contributed by atoms with Crippen LogP contribution in [-0.2, 0) is 9.53 Å². The summed E-state index contributed by atoms with van der Waals surface area (Å²) in [4.78, 5) is 26.3. The lowest BCUT2D eigenvalue weighted by atomic mass is 10.1. The number of carbonyl (C=O) groups is 2. The predicted octanol–water partition coefficient (Wildman–Crippen LogP) is 2.22. The molecule has 3 rings (SSSR count). The molecule has 0 radical (unpaired) electrons. The minimum atomic E-state index is -0.821. The number of phenols is 1. The Morgan fingerprint density at radius 2 is 1.78 bits per heavy atom. The molecule has 2 aromatic carbocycles. The monoisotopic (exact) mass is 372 g/mol. The van der Waals surface area contributed by atoms with E-state index in [2.05, 4.69) is 5.32 Å². The summed E-state index contributed by atoms with van der Waals surface area (Å²) in [6, 6.07) is 9.57. The van der Waals surface area contributed by atoms with Crippen molar-refractivity contribution in [2.45, 2.75) is 6.04 Å². The van der Waals surface area contributed by atoms with Crippen LogP contribution in [0.1, 0.15) is 11.6 Å². The highest BCUT2D eigenvalue weighted by atomic mass is 16.5. The van der Waals surface area contributed by atoms with E-state index in [1.807, 2.05) is 0 Å². The minimum Gasteiger partial charge on any atom is -0.508 e. The highest BCUT2D eigenvalue weighted by Gasteiger charge is 2.40. The number of hydrogen-bond donors (Lipinski definition) is 2. The second-order valence-corrected chi connectivity index (χ2v) is 5.82. The molecule has 27 heavy (non-hydrogen) atoms. The number of ether oxygens (including phenoxy) is 3. The molecule has 1 aliphatic heterocycles. The number of phenolic OH excluding ortho intramolecular Hbond substituents is 1. The summed E-state index contributed by atoms with van der Waals surface area (Å²) in [6.45, 7) is 0.687. The SMILES string of the molecule is COCCOc1cc(N2C(=O)N[C@H](c3ccc(O)cc3)C2=O)ccc1OC. The zero-order chi connectivity index (χ0) is 19.4. The number of hydrogen-bond acceptors (Lipinski definition) is 6. The van der Waals surface area contributed by atoms with Gasteiger partial charge in [-0.3, -0.25) is 4.79 Å². The van der Waals surface area contributed by atoms with E-state index in [9.17, 15) is 14.7 Å². The van der Waals surface area contributed by atoms with Crippen LogP contribution in [0.2, 0.25) is 0 Å². The predicted molar refractivity (Wildman–Crippen MR) is 97.2 cm³/mol. The molecule has 142 valence electrons. The van der Waals surface area contributed by atoms with Gasteiger partial charge in [-0.1, -0.05) is 12.1 Å². The lowest BCUT2D eigenvalue weighted by Crippen LogP contribution is -2.30. The topological polar surface area (TPSA) is 97.3 Å². The summed E-state index contributed by atoms with van der Waals surface area (Å²) >= 11 is 0. The van der Waals surface area contributed by atoms with Gasteiger partial charge < -0.3 is 24.6 Å². The lowest BCUT2D eigenvalue weighted by Gasteiger charge is -2.17. The lowest BCUT2D eigenvalue weighted by molar-refractivity contribution is -0.118. The van der Waals surface area contributed by atoms with Crippen LogP contribution in [0.5, 0.6) is 17.2 Å². The van der Waals surface area contributed by atoms with Crippen molar-refractivity contribution in [3.05, 3.63) is 48.0 Å². The number of aromatic hydroxyl groups is 1. The molecule has 0 aliphatic carbocycles. The fourth-order valence-corrected chi connectivity index (χ4v) is 2.77. The van der Waals surface area contributed by atoms with Crippen molar-refractivity contribution < 1.29 is 28.9 Å². The number of urea groups is 1. The quantitative estimate of drug-likeness (QED) is 0.571. The summed E-state index contributed by atoms with van der Waals surface area (Å²) in [6.07, 6.45) is 0. The van der Waals surface area contributed by atoms with Gasteiger partial charge in [0.05, 0.1) is 19.4 Å². The van der Waals surface area contributed by atoms with Gasteiger partial charge in [-0.05, 0) is 29.8 Å². The number of amides is 3. The van der Waals surface area contributed by atoms with Crippen LogP contribution in [0, 0.1) is 0 Å². The van der Waals surface area contributed by atoms with Crippen molar-refractivity contribution in [2.75, 3.05) is 32.3 Å². The molecule has 0 bridgehead atoms. The Morgan fingerprint density at radius 3 is 2.44 bits per heavy atom. The number of nitrogens with one attached hydrogen (secondary N) is 1. The van der Waals surface area contributed by atoms with E-state index < -0.39 is 18.0 Å². The van der Waals surface area contributed by atoms with Crippen LogP contribution in [0.15, 0.2) is 42.5 Å². The first-order chi connectivity index (χ1) is 13.0. The second kappa shape index (κ2) is 7.96. The van der Waals surface area contributed by atoms with Gasteiger partial charge in [0.2, 0.25) is 0 Å². The standard InChI is InChI=1S/C19H20N2O6/c1-25-9-10-27-16-11-13(5-8-15(16)26-2)21-18(23)17(20-19(21)24)12-3-6-14(22)7-4-12/h3-8,11,17,22H,9-10H2,1-2H3,(H,20,24)/t17-/m1/s1. The third kappa shape index (κ3) is 3.80. The molecule has 1 saturated heterocycles. The molecule has 0 spiro atoms. The van der Waals surface area contributed by atoms with Crippen LogP contribution in [0.3, 0.4) is 0 Å². The van der Waals surface area contributed by atoms with Crippen molar-refractivity contribution in [3.63, 3.8) is 0 Å². The summed E-state index contributed by atoms with van der Waals surface area (Å²) in [5.74, 6) is 0.553. The first-order valence-electron chi connectivity index (χ1n) is 8.28. The van der Waals surface area contributed by atoms with E-state index >= 15 is 0 Å². The molecule has 1 aliphatic rings. The number of benzene rings is 2. The van der Waals surface area contributed by atoms with Crippen molar-refractivity contribution in [2.24, 2.45) is 0 Å². The molecule has 0 saturated carbocycles. The molecule has 8 heteroatoms. The molecular weight excluding hydrogens is 352 g/mol. The number of anilines is 1. The normalized spacial score (nSPS) is 16.4. The van der Waals surface area contributed by atoms with E-state index in [4.69, 9.17) is 14.2 Å². The van der Waals surface area contributed by atoms with Crippen molar-refractivity contribution in [3.8, 4) is 17.2 Å². The van der Waals surface area contributed by atoms with E-state index in [0.29, 0.717) is 36.0 Å². The van der Waals surface area contributed by atoms with Gasteiger partial charge in [-0.2, -0.15) is 0 Å². The Morgan fingerprint density at radius 1 is 1.04 bits per heavy atom. The molecule has 3 amide bonds. The van der Waals surface area contributed by atoms with Gasteiger partial charge >= 0.3 is 6.03 Å². The maximum atomic E-state index is 12.8. The van der Waals surface area contributed by atoms with E-state index in [1.54, 1.807) is 37.4 Å². The van der Waals surface area contributed by atoms with Crippen LogP contribution in [0.25, 0.3) is 0 Å². The molecular formula is C19H20N2O6. The molecule has 0 unspecified atom stereocenters. The van der Waals surface area contributed by atoms with Gasteiger partial charge in [0.15, 0.2) is 11.5 Å². The number of imide groups is 1. The number of nitrogens with zero attached hydrogens (tertiary/aromatic N) is 1. The third-order valence-corrected chi connectivity index (χ3v) is 4.12. The Balaban J connectivity index is 1.86. The van der Waals surface area contributed by atoms with Crippen molar-refractivity contribution in [1.82, 2.24) is 5.32 Å². The highest BCUT2D eigenvalue weighted by Crippen LogP contribution is 2.35. The Hall–Kier alpha value is -3.26. The molecule has 2 N–H and O–H groups in total. The Labute approximate surface area is 156 Å². The molecule has 0 aromatic heterocycles. The summed E-state index contributed by atoms with van der Waals surface area (Å²) in [5, 5.41) is 12.1. The number of methoxy groups -OCH3 is 2. The first kappa shape index (κ1) is 18.5. The largest absolute Gasteiger partial charge is 0.508 e. The van der Waals surface area contributed by atoms with Gasteiger partial charge in [0.1, 0.15) is 18.4 Å². The number of rotatable bonds is 7. The average Bonchev–Trinajstić information content (AvgIpc) is 2.97. The van der Waals surface area contributed by atoms with Crippen LogP contribution >= 0.6 is 0 Å². The van der Waals surface area contributed by atoms with Gasteiger partial charge in [0.25, 0.3) is 5.91 Å². The molecule has 8 nitrogen and oxygen atoms in total. The van der Waals surface area contributed by atoms with Crippen molar-refractivity contribution in [1.29, 1.82) is 0 Å². The van der Waals surface area contributed by atoms with Gasteiger partial charge in [-0.25, -0.2) is 9.69 Å². The second-order valence-electron chi connectivity index (χ2n) is 5.82. The summed E-state index contributed by atoms with van der Waals surface area (Å²) in [5.41, 5.74) is 0.950. The fraction of sp³-hybridized carbons (Fsp3) is 0.263. The summed E-state index contributed by atoms with van der Waals surface area (Å²) in [7, 11) is 3.07. The fourth-order valence-electron chi connectivity index (χ4n) is 2.77. The number of carbonyl (C=O) groups excluding carboxylic acids is 2. The van der Waals surface area contributed by atoms with E-state index in [1.165, 1.54) is 19.2 Å². The third-order valence-electron chi connectivity index (χ3n) is 4.12. The van der Waals surface area contributed by atoms with Gasteiger partial charge in [-0.15, -0.1) is 0 Å². The molecule has 1 atom stereocenters. The Kier molecular flexibility index (Phi) is 5.46. The van der Waals surface area contributed by atoms with Crippen molar-refractivity contribution >= 4 is 17.6 Å². The smallest absolute Gasteiger partial charge is 0.329 e. The zero-order valence-corrected chi connectivity index (χ0v) is 15.0.